The molecule has 5 rings (SSSR count). The molecule has 0 unspecified atom stereocenters. The Morgan fingerprint density at radius 3 is 2.43 bits per heavy atom. The van der Waals surface area contributed by atoms with Crippen LogP contribution in [0.1, 0.15) is 36.7 Å². The van der Waals surface area contributed by atoms with Crippen molar-refractivity contribution in [3.63, 3.8) is 0 Å². The summed E-state index contributed by atoms with van der Waals surface area (Å²) in [4.78, 5) is 18.0. The smallest absolute Gasteiger partial charge is 0.295 e. The van der Waals surface area contributed by atoms with Gasteiger partial charge in [0.15, 0.2) is 0 Å². The Labute approximate surface area is 203 Å². The lowest BCUT2D eigenvalue weighted by Gasteiger charge is -2.09. The van der Waals surface area contributed by atoms with Gasteiger partial charge >= 0.3 is 5.69 Å². The van der Waals surface area contributed by atoms with Crippen LogP contribution in [-0.2, 0) is 19.5 Å². The van der Waals surface area contributed by atoms with Gasteiger partial charge in [-0.2, -0.15) is 5.21 Å². The first-order valence-corrected chi connectivity index (χ1v) is 11.8. The lowest BCUT2D eigenvalue weighted by Crippen LogP contribution is -2.26. The molecule has 3 aromatic heterocycles. The van der Waals surface area contributed by atoms with Crippen LogP contribution in [-0.4, -0.2) is 34.7 Å². The monoisotopic (exact) mass is 465 g/mol. The Morgan fingerprint density at radius 2 is 1.71 bits per heavy atom. The van der Waals surface area contributed by atoms with E-state index in [4.69, 9.17) is 4.98 Å². The maximum absolute atomic E-state index is 13.3. The molecule has 0 aliphatic rings. The fraction of sp³-hybridized carbons (Fsp3) is 0.222. The minimum Gasteiger partial charge on any atom is -0.295 e. The number of aromatic nitrogens is 7. The van der Waals surface area contributed by atoms with Crippen LogP contribution in [0.2, 0.25) is 0 Å². The summed E-state index contributed by atoms with van der Waals surface area (Å²) in [5.41, 5.74) is 5.79. The first-order valence-electron chi connectivity index (χ1n) is 11.8. The Bertz CT molecular complexity index is 1440. The van der Waals surface area contributed by atoms with Crippen molar-refractivity contribution in [2.45, 2.75) is 39.3 Å². The average Bonchev–Trinajstić information content (AvgIpc) is 3.54. The normalized spacial score (nSPS) is 11.1. The highest BCUT2D eigenvalue weighted by Crippen LogP contribution is 2.29. The number of benzene rings is 2. The Kier molecular flexibility index (Phi) is 6.61. The molecule has 0 atom stereocenters. The zero-order valence-corrected chi connectivity index (χ0v) is 19.6. The molecule has 0 aliphatic heterocycles. The molecule has 3 heterocycles. The second kappa shape index (κ2) is 10.3. The summed E-state index contributed by atoms with van der Waals surface area (Å²) >= 11 is 0. The molecule has 0 radical (unpaired) electrons. The second-order valence-electron chi connectivity index (χ2n) is 8.53. The molecule has 0 saturated heterocycles. The van der Waals surface area contributed by atoms with Crippen LogP contribution < -0.4 is 5.69 Å². The van der Waals surface area contributed by atoms with E-state index in [9.17, 15) is 4.79 Å². The second-order valence-corrected chi connectivity index (χ2v) is 8.53. The van der Waals surface area contributed by atoms with Crippen LogP contribution in [0, 0.1) is 0 Å². The van der Waals surface area contributed by atoms with Crippen LogP contribution in [0.3, 0.4) is 0 Å². The van der Waals surface area contributed by atoms with Gasteiger partial charge in [0.1, 0.15) is 0 Å². The standard InChI is InChI=1S/C27H27N7O/c1-2-3-11-23-19-33(17-20-9-5-4-6-10-20)27(35)34(23)18-22-15-14-21(16-28-22)24-12-7-8-13-25(24)26-29-31-32-30-26/h4-10,12-16,19H,2-3,11,17-18H2,1H3,(H,29,30,31,32). The van der Waals surface area contributed by atoms with E-state index >= 15 is 0 Å². The molecular formula is C27H27N7O. The molecule has 0 saturated carbocycles. The van der Waals surface area contributed by atoms with Crippen molar-refractivity contribution >= 4 is 0 Å². The van der Waals surface area contributed by atoms with Gasteiger partial charge < -0.3 is 0 Å². The number of rotatable bonds is 9. The van der Waals surface area contributed by atoms with E-state index in [1.54, 1.807) is 4.57 Å². The Morgan fingerprint density at radius 1 is 0.914 bits per heavy atom. The van der Waals surface area contributed by atoms with Gasteiger partial charge in [-0.15, -0.1) is 10.2 Å². The lowest BCUT2D eigenvalue weighted by molar-refractivity contribution is 0.647. The molecule has 0 fully saturated rings. The number of pyridine rings is 1. The number of H-pyrrole nitrogens is 1. The zero-order valence-electron chi connectivity index (χ0n) is 19.6. The maximum Gasteiger partial charge on any atom is 0.329 e. The first kappa shape index (κ1) is 22.5. The van der Waals surface area contributed by atoms with Crippen molar-refractivity contribution in [1.29, 1.82) is 0 Å². The number of aryl methyl sites for hydroxylation is 1. The number of aromatic amines is 1. The van der Waals surface area contributed by atoms with Crippen molar-refractivity contribution in [3.05, 3.63) is 107 Å². The van der Waals surface area contributed by atoms with Crippen LogP contribution in [0.15, 0.2) is 83.9 Å². The average molecular weight is 466 g/mol. The van der Waals surface area contributed by atoms with Crippen molar-refractivity contribution in [3.8, 4) is 22.5 Å². The topological polar surface area (TPSA) is 94.3 Å². The summed E-state index contributed by atoms with van der Waals surface area (Å²) in [6.07, 6.45) is 6.81. The van der Waals surface area contributed by atoms with E-state index in [1.165, 1.54) is 0 Å². The van der Waals surface area contributed by atoms with Gasteiger partial charge in [0.25, 0.3) is 0 Å². The summed E-state index contributed by atoms with van der Waals surface area (Å²) < 4.78 is 3.66. The number of nitrogens with one attached hydrogen (secondary N) is 1. The zero-order chi connectivity index (χ0) is 24.0. The SMILES string of the molecule is CCCCc1cn(Cc2ccccc2)c(=O)n1Cc1ccc(-c2ccccc2-c2nn[nH]n2)cn1. The number of imidazole rings is 1. The quantitative estimate of drug-likeness (QED) is 0.350. The predicted molar refractivity (Wildman–Crippen MR) is 135 cm³/mol. The number of hydrogen-bond acceptors (Lipinski definition) is 5. The Hall–Kier alpha value is -4.33. The fourth-order valence-electron chi connectivity index (χ4n) is 4.25. The molecule has 35 heavy (non-hydrogen) atoms. The van der Waals surface area contributed by atoms with Crippen molar-refractivity contribution in [1.82, 2.24) is 34.7 Å². The number of nitrogens with zero attached hydrogens (tertiary/aromatic N) is 6. The predicted octanol–water partition coefficient (Wildman–Crippen LogP) is 4.33. The first-order chi connectivity index (χ1) is 17.2. The number of unbranched alkanes of at least 4 members (excludes halogenated alkanes) is 1. The summed E-state index contributed by atoms with van der Waals surface area (Å²) in [5, 5.41) is 14.4. The van der Waals surface area contributed by atoms with Crippen LogP contribution in [0.5, 0.6) is 0 Å². The highest BCUT2D eigenvalue weighted by atomic mass is 16.1. The third-order valence-corrected chi connectivity index (χ3v) is 6.08. The molecule has 8 nitrogen and oxygen atoms in total. The van der Waals surface area contributed by atoms with Gasteiger partial charge in [-0.05, 0) is 35.2 Å². The molecule has 1 N–H and O–H groups in total. The molecule has 2 aromatic carbocycles. The van der Waals surface area contributed by atoms with E-state index in [1.807, 2.05) is 83.7 Å². The van der Waals surface area contributed by atoms with Crippen LogP contribution >= 0.6 is 0 Å². The summed E-state index contributed by atoms with van der Waals surface area (Å²) in [7, 11) is 0. The molecular weight excluding hydrogens is 438 g/mol. The number of hydrogen-bond donors (Lipinski definition) is 1. The third kappa shape index (κ3) is 4.96. The van der Waals surface area contributed by atoms with Gasteiger partial charge in [0.2, 0.25) is 5.82 Å². The van der Waals surface area contributed by atoms with Gasteiger partial charge in [-0.25, -0.2) is 4.79 Å². The van der Waals surface area contributed by atoms with E-state index in [-0.39, 0.29) is 5.69 Å². The van der Waals surface area contributed by atoms with E-state index < -0.39 is 0 Å². The van der Waals surface area contributed by atoms with E-state index in [0.717, 1.165) is 52.9 Å². The van der Waals surface area contributed by atoms with E-state index in [0.29, 0.717) is 18.9 Å². The minimum absolute atomic E-state index is 0.00622. The maximum atomic E-state index is 13.3. The fourth-order valence-corrected chi connectivity index (χ4v) is 4.25. The molecule has 5 aromatic rings. The molecule has 176 valence electrons. The van der Waals surface area contributed by atoms with Crippen LogP contribution in [0.25, 0.3) is 22.5 Å². The van der Waals surface area contributed by atoms with Crippen LogP contribution in [0.4, 0.5) is 0 Å². The van der Waals surface area contributed by atoms with Crippen molar-refractivity contribution in [2.75, 3.05) is 0 Å². The lowest BCUT2D eigenvalue weighted by atomic mass is 10.0. The molecule has 8 heteroatoms. The summed E-state index contributed by atoms with van der Waals surface area (Å²) in [6.45, 7) is 3.16. The highest BCUT2D eigenvalue weighted by Gasteiger charge is 2.14. The van der Waals surface area contributed by atoms with Crippen molar-refractivity contribution < 1.29 is 0 Å². The van der Waals surface area contributed by atoms with Gasteiger partial charge in [0.05, 0.1) is 18.8 Å². The molecule has 0 aliphatic carbocycles. The summed E-state index contributed by atoms with van der Waals surface area (Å²) in [6, 6.07) is 22.0. The van der Waals surface area contributed by atoms with Gasteiger partial charge in [-0.3, -0.25) is 14.1 Å². The highest BCUT2D eigenvalue weighted by molar-refractivity contribution is 5.79. The largest absolute Gasteiger partial charge is 0.329 e. The van der Waals surface area contributed by atoms with Crippen molar-refractivity contribution in [2.24, 2.45) is 0 Å². The van der Waals surface area contributed by atoms with Gasteiger partial charge in [0, 0.05) is 29.2 Å². The van der Waals surface area contributed by atoms with E-state index in [2.05, 4.69) is 27.5 Å². The van der Waals surface area contributed by atoms with Gasteiger partial charge in [-0.1, -0.05) is 74.0 Å². The summed E-state index contributed by atoms with van der Waals surface area (Å²) in [5.74, 6) is 0.538. The molecule has 0 bridgehead atoms. The molecule has 0 amide bonds. The Balaban J connectivity index is 1.42. The minimum atomic E-state index is -0.00622. The third-order valence-electron chi connectivity index (χ3n) is 6.08. The number of tetrazole rings is 1. The molecule has 0 spiro atoms.